The Hall–Kier alpha value is -3.34. The number of hydrogen-bond acceptors (Lipinski definition) is 3. The van der Waals surface area contributed by atoms with E-state index in [1.165, 1.54) is 0 Å². The van der Waals surface area contributed by atoms with Crippen molar-refractivity contribution in [1.29, 1.82) is 0 Å². The molecule has 2 aromatic heterocycles. The molecule has 0 N–H and O–H groups in total. The van der Waals surface area contributed by atoms with Gasteiger partial charge in [-0.2, -0.15) is 0 Å². The van der Waals surface area contributed by atoms with E-state index in [9.17, 15) is 4.79 Å². The van der Waals surface area contributed by atoms with Gasteiger partial charge in [-0.3, -0.25) is 4.79 Å². The molecule has 5 heteroatoms. The first-order valence-electron chi connectivity index (χ1n) is 8.96. The number of fused-ring (bicyclic) bond motifs is 1. The van der Waals surface area contributed by atoms with Gasteiger partial charge in [-0.05, 0) is 36.8 Å². The summed E-state index contributed by atoms with van der Waals surface area (Å²) in [4.78, 5) is 19.6. The van der Waals surface area contributed by atoms with E-state index < -0.39 is 0 Å². The molecule has 0 unspecified atom stereocenters. The number of carbonyl (C=O) groups excluding carboxylic acids is 1. The summed E-state index contributed by atoms with van der Waals surface area (Å²) in [5.74, 6) is 1.63. The molecule has 0 atom stereocenters. The average molecular weight is 359 g/mol. The van der Waals surface area contributed by atoms with E-state index in [1.54, 1.807) is 6.26 Å². The summed E-state index contributed by atoms with van der Waals surface area (Å²) in [6, 6.07) is 21.6. The zero-order valence-electron chi connectivity index (χ0n) is 15.2. The molecule has 2 aromatic carbocycles. The highest BCUT2D eigenvalue weighted by Gasteiger charge is 2.18. The molecule has 0 aliphatic carbocycles. The Labute approximate surface area is 157 Å². The molecule has 1 amide bonds. The van der Waals surface area contributed by atoms with Crippen molar-refractivity contribution in [2.75, 3.05) is 0 Å². The van der Waals surface area contributed by atoms with Crippen LogP contribution in [0.5, 0.6) is 0 Å². The van der Waals surface area contributed by atoms with Crippen molar-refractivity contribution in [2.45, 2.75) is 26.6 Å². The van der Waals surface area contributed by atoms with Gasteiger partial charge in [0, 0.05) is 6.54 Å². The molecule has 4 rings (SSSR count). The predicted octanol–water partition coefficient (Wildman–Crippen LogP) is 4.17. The maximum Gasteiger partial charge on any atom is 0.243 e. The van der Waals surface area contributed by atoms with Crippen LogP contribution in [0.1, 0.15) is 17.1 Å². The minimum Gasteiger partial charge on any atom is -0.467 e. The maximum absolute atomic E-state index is 13.2. The van der Waals surface area contributed by atoms with E-state index in [2.05, 4.69) is 4.98 Å². The summed E-state index contributed by atoms with van der Waals surface area (Å²) in [5, 5.41) is 0. The van der Waals surface area contributed by atoms with Gasteiger partial charge in [0.15, 0.2) is 0 Å². The Morgan fingerprint density at radius 1 is 1.00 bits per heavy atom. The quantitative estimate of drug-likeness (QED) is 0.519. The molecule has 27 heavy (non-hydrogen) atoms. The number of aromatic nitrogens is 2. The van der Waals surface area contributed by atoms with Crippen LogP contribution in [-0.4, -0.2) is 20.4 Å². The second-order valence-electron chi connectivity index (χ2n) is 6.55. The summed E-state index contributed by atoms with van der Waals surface area (Å²) in [7, 11) is 0. The lowest BCUT2D eigenvalue weighted by molar-refractivity contribution is -0.133. The third-order valence-electron chi connectivity index (χ3n) is 4.63. The summed E-state index contributed by atoms with van der Waals surface area (Å²) < 4.78 is 7.44. The molecule has 0 bridgehead atoms. The summed E-state index contributed by atoms with van der Waals surface area (Å²) in [6.45, 7) is 3.15. The SMILES string of the molecule is Cc1nc2ccccc2n1CC(=O)N(Cc1ccccc1)Cc1ccco1. The van der Waals surface area contributed by atoms with Crippen molar-refractivity contribution >= 4 is 16.9 Å². The van der Waals surface area contributed by atoms with E-state index in [-0.39, 0.29) is 12.5 Å². The first-order chi connectivity index (χ1) is 13.2. The Morgan fingerprint density at radius 2 is 1.78 bits per heavy atom. The molecule has 4 aromatic rings. The molecule has 0 radical (unpaired) electrons. The molecular formula is C22H21N3O2. The van der Waals surface area contributed by atoms with Crippen molar-refractivity contribution in [3.63, 3.8) is 0 Å². The van der Waals surface area contributed by atoms with Gasteiger partial charge in [-0.1, -0.05) is 42.5 Å². The number of amides is 1. The van der Waals surface area contributed by atoms with Crippen LogP contribution in [0.15, 0.2) is 77.4 Å². The molecule has 0 saturated carbocycles. The number of hydrogen-bond donors (Lipinski definition) is 0. The second kappa shape index (κ2) is 7.50. The first kappa shape index (κ1) is 17.1. The lowest BCUT2D eigenvalue weighted by Crippen LogP contribution is -2.33. The monoisotopic (exact) mass is 359 g/mol. The predicted molar refractivity (Wildman–Crippen MR) is 104 cm³/mol. The Balaban J connectivity index is 1.60. The summed E-state index contributed by atoms with van der Waals surface area (Å²) in [6.07, 6.45) is 1.63. The van der Waals surface area contributed by atoms with Crippen molar-refractivity contribution < 1.29 is 9.21 Å². The van der Waals surface area contributed by atoms with Crippen LogP contribution in [0.2, 0.25) is 0 Å². The van der Waals surface area contributed by atoms with Crippen molar-refractivity contribution in [2.24, 2.45) is 0 Å². The van der Waals surface area contributed by atoms with Crippen LogP contribution in [0.4, 0.5) is 0 Å². The van der Waals surface area contributed by atoms with Crippen molar-refractivity contribution in [1.82, 2.24) is 14.5 Å². The third-order valence-corrected chi connectivity index (χ3v) is 4.63. The van der Waals surface area contributed by atoms with Gasteiger partial charge >= 0.3 is 0 Å². The van der Waals surface area contributed by atoms with Gasteiger partial charge in [0.25, 0.3) is 0 Å². The van der Waals surface area contributed by atoms with Gasteiger partial charge in [0.05, 0.1) is 23.8 Å². The van der Waals surface area contributed by atoms with Crippen LogP contribution >= 0.6 is 0 Å². The van der Waals surface area contributed by atoms with Gasteiger partial charge in [-0.25, -0.2) is 4.98 Å². The lowest BCUT2D eigenvalue weighted by atomic mass is 10.2. The Morgan fingerprint density at radius 3 is 2.56 bits per heavy atom. The lowest BCUT2D eigenvalue weighted by Gasteiger charge is -2.22. The number of rotatable bonds is 6. The van der Waals surface area contributed by atoms with E-state index in [0.29, 0.717) is 13.1 Å². The van der Waals surface area contributed by atoms with Crippen molar-refractivity contribution in [3.8, 4) is 0 Å². The zero-order chi connectivity index (χ0) is 18.6. The van der Waals surface area contributed by atoms with Crippen molar-refractivity contribution in [3.05, 3.63) is 90.1 Å². The number of imidazole rings is 1. The number of carbonyl (C=O) groups is 1. The molecule has 0 aliphatic rings. The van der Waals surface area contributed by atoms with Gasteiger partial charge in [0.1, 0.15) is 18.1 Å². The molecule has 0 aliphatic heterocycles. The van der Waals surface area contributed by atoms with Gasteiger partial charge in [-0.15, -0.1) is 0 Å². The largest absolute Gasteiger partial charge is 0.467 e. The van der Waals surface area contributed by atoms with Gasteiger partial charge in [0.2, 0.25) is 5.91 Å². The fraction of sp³-hybridized carbons (Fsp3) is 0.182. The van der Waals surface area contributed by atoms with E-state index >= 15 is 0 Å². The maximum atomic E-state index is 13.2. The molecule has 0 fully saturated rings. The average Bonchev–Trinajstić information content (AvgIpc) is 3.30. The Bertz CT molecular complexity index is 1040. The fourth-order valence-electron chi connectivity index (χ4n) is 3.26. The van der Waals surface area contributed by atoms with E-state index in [1.807, 2.05) is 83.1 Å². The highest BCUT2D eigenvalue weighted by atomic mass is 16.3. The summed E-state index contributed by atoms with van der Waals surface area (Å²) >= 11 is 0. The Kier molecular flexibility index (Phi) is 4.75. The minimum absolute atomic E-state index is 0.0292. The third kappa shape index (κ3) is 3.77. The standard InChI is InChI=1S/C22H21N3O2/c1-17-23-20-11-5-6-12-21(20)25(17)16-22(26)24(15-19-10-7-13-27-19)14-18-8-3-2-4-9-18/h2-13H,14-16H2,1H3. The first-order valence-corrected chi connectivity index (χ1v) is 8.96. The van der Waals surface area contributed by atoms with E-state index in [4.69, 9.17) is 4.42 Å². The normalized spacial score (nSPS) is 11.0. The summed E-state index contributed by atoms with van der Waals surface area (Å²) in [5.41, 5.74) is 2.97. The molecule has 136 valence electrons. The fourth-order valence-corrected chi connectivity index (χ4v) is 3.26. The van der Waals surface area contributed by atoms with Gasteiger partial charge < -0.3 is 13.9 Å². The minimum atomic E-state index is 0.0292. The highest BCUT2D eigenvalue weighted by Crippen LogP contribution is 2.17. The molecule has 5 nitrogen and oxygen atoms in total. The smallest absolute Gasteiger partial charge is 0.243 e. The van der Waals surface area contributed by atoms with Crippen LogP contribution < -0.4 is 0 Å². The van der Waals surface area contributed by atoms with Crippen LogP contribution in [0.25, 0.3) is 11.0 Å². The molecule has 0 spiro atoms. The number of benzene rings is 2. The van der Waals surface area contributed by atoms with Crippen LogP contribution in [0, 0.1) is 6.92 Å². The molecular weight excluding hydrogens is 338 g/mol. The zero-order valence-corrected chi connectivity index (χ0v) is 15.2. The number of aryl methyl sites for hydroxylation is 1. The highest BCUT2D eigenvalue weighted by molar-refractivity contribution is 5.81. The van der Waals surface area contributed by atoms with E-state index in [0.717, 1.165) is 28.2 Å². The molecule has 2 heterocycles. The van der Waals surface area contributed by atoms with Crippen LogP contribution in [0.3, 0.4) is 0 Å². The number of nitrogens with zero attached hydrogens (tertiary/aromatic N) is 3. The number of para-hydroxylation sites is 2. The topological polar surface area (TPSA) is 51.3 Å². The number of furan rings is 1. The second-order valence-corrected chi connectivity index (χ2v) is 6.55. The molecule has 0 saturated heterocycles. The van der Waals surface area contributed by atoms with Crippen LogP contribution in [-0.2, 0) is 24.4 Å².